The first-order valence-corrected chi connectivity index (χ1v) is 9.29. The molecule has 1 aromatic heterocycles. The van der Waals surface area contributed by atoms with Crippen LogP contribution in [0.1, 0.15) is 10.6 Å². The minimum absolute atomic E-state index is 0.1000. The lowest BCUT2D eigenvalue weighted by Crippen LogP contribution is -2.38. The normalized spacial score (nSPS) is 13.9. The number of para-hydroxylation sites is 1. The molecule has 0 atom stereocenters. The molecule has 3 rings (SSSR count). The molecule has 0 aliphatic carbocycles. The number of carbonyl (C=O) groups is 3. The number of hydrogen-bond acceptors (Lipinski definition) is 8. The molecule has 1 aliphatic heterocycles. The molecule has 0 unspecified atom stereocenters. The number of hydrogen-bond donors (Lipinski definition) is 1. The molecule has 1 N–H and O–H groups in total. The lowest BCUT2D eigenvalue weighted by Gasteiger charge is -2.15. The summed E-state index contributed by atoms with van der Waals surface area (Å²) in [6, 6.07) is 7.52. The van der Waals surface area contributed by atoms with Crippen molar-refractivity contribution in [2.75, 3.05) is 25.4 Å². The summed E-state index contributed by atoms with van der Waals surface area (Å²) in [6.07, 6.45) is 0. The van der Waals surface area contributed by atoms with Crippen molar-refractivity contribution in [2.24, 2.45) is 0 Å². The molecular formula is C17H14N2O6S2. The Kier molecular flexibility index (Phi) is 5.87. The van der Waals surface area contributed by atoms with Crippen molar-refractivity contribution < 1.29 is 23.5 Å². The average Bonchev–Trinajstić information content (AvgIpc) is 2.98. The zero-order chi connectivity index (χ0) is 19.4. The molecule has 2 heterocycles. The summed E-state index contributed by atoms with van der Waals surface area (Å²) in [5.74, 6) is -1.54. The Labute approximate surface area is 162 Å². The van der Waals surface area contributed by atoms with E-state index in [2.05, 4.69) is 5.32 Å². The van der Waals surface area contributed by atoms with Crippen LogP contribution in [0.5, 0.6) is 0 Å². The highest BCUT2D eigenvalue weighted by Gasteiger charge is 2.26. The van der Waals surface area contributed by atoms with Crippen molar-refractivity contribution >= 4 is 57.1 Å². The number of thiocarbonyl (C=S) groups is 1. The molecule has 1 aromatic carbocycles. The van der Waals surface area contributed by atoms with Gasteiger partial charge in [0, 0.05) is 19.2 Å². The quantitative estimate of drug-likeness (QED) is 0.558. The fourth-order valence-corrected chi connectivity index (χ4v) is 3.48. The van der Waals surface area contributed by atoms with Crippen LogP contribution < -0.4 is 10.7 Å². The number of nitrogens with zero attached hydrogens (tertiary/aromatic N) is 1. The topological polar surface area (TPSA) is 106 Å². The summed E-state index contributed by atoms with van der Waals surface area (Å²) < 4.78 is 10.7. The molecule has 0 bridgehead atoms. The van der Waals surface area contributed by atoms with Gasteiger partial charge in [0.05, 0.1) is 11.1 Å². The molecule has 10 heteroatoms. The Bertz CT molecular complexity index is 971. The third-order valence-electron chi connectivity index (χ3n) is 3.67. The van der Waals surface area contributed by atoms with Gasteiger partial charge in [-0.25, -0.2) is 4.79 Å². The van der Waals surface area contributed by atoms with E-state index >= 15 is 0 Å². The Morgan fingerprint density at radius 3 is 2.81 bits per heavy atom. The monoisotopic (exact) mass is 406 g/mol. The first-order chi connectivity index (χ1) is 13.0. The second-order valence-corrected chi connectivity index (χ2v) is 7.11. The maximum atomic E-state index is 12.0. The van der Waals surface area contributed by atoms with E-state index in [1.807, 2.05) is 0 Å². The van der Waals surface area contributed by atoms with Crippen LogP contribution >= 0.6 is 24.0 Å². The van der Waals surface area contributed by atoms with Gasteiger partial charge in [0.1, 0.15) is 9.90 Å². The van der Waals surface area contributed by atoms with Crippen LogP contribution in [0.2, 0.25) is 0 Å². The highest BCUT2D eigenvalue weighted by Crippen LogP contribution is 2.18. The SMILES string of the molecule is O=C(COC(=O)c1cc(=O)c2ccccc2o1)NCCN1C(=O)CSC1=S. The maximum Gasteiger partial charge on any atom is 0.374 e. The molecule has 0 saturated carbocycles. The third kappa shape index (κ3) is 4.52. The summed E-state index contributed by atoms with van der Waals surface area (Å²) in [5.41, 5.74) is -0.122. The zero-order valence-electron chi connectivity index (χ0n) is 13.9. The van der Waals surface area contributed by atoms with Gasteiger partial charge in [-0.2, -0.15) is 0 Å². The number of nitrogens with one attached hydrogen (secondary N) is 1. The second kappa shape index (κ2) is 8.31. The number of thioether (sulfide) groups is 1. The second-order valence-electron chi connectivity index (χ2n) is 5.50. The Balaban J connectivity index is 1.50. The number of carbonyl (C=O) groups excluding carboxylic acids is 3. The fourth-order valence-electron chi connectivity index (χ4n) is 2.36. The summed E-state index contributed by atoms with van der Waals surface area (Å²) in [4.78, 5) is 48.7. The van der Waals surface area contributed by atoms with Crippen molar-refractivity contribution in [3.05, 3.63) is 46.3 Å². The smallest absolute Gasteiger partial charge is 0.374 e. The van der Waals surface area contributed by atoms with Gasteiger partial charge in [-0.05, 0) is 12.1 Å². The molecule has 2 aromatic rings. The van der Waals surface area contributed by atoms with Crippen LogP contribution in [0.15, 0.2) is 39.5 Å². The van der Waals surface area contributed by atoms with Crippen molar-refractivity contribution in [3.63, 3.8) is 0 Å². The predicted molar refractivity (Wildman–Crippen MR) is 103 cm³/mol. The van der Waals surface area contributed by atoms with Crippen molar-refractivity contribution in [1.82, 2.24) is 10.2 Å². The van der Waals surface area contributed by atoms with Crippen LogP contribution in [0.25, 0.3) is 11.0 Å². The van der Waals surface area contributed by atoms with Gasteiger partial charge in [0.25, 0.3) is 5.91 Å². The maximum absolute atomic E-state index is 12.0. The first-order valence-electron chi connectivity index (χ1n) is 7.89. The number of rotatable bonds is 6. The summed E-state index contributed by atoms with van der Waals surface area (Å²) in [6.45, 7) is -0.111. The van der Waals surface area contributed by atoms with E-state index in [-0.39, 0.29) is 35.8 Å². The van der Waals surface area contributed by atoms with E-state index in [1.54, 1.807) is 24.3 Å². The zero-order valence-corrected chi connectivity index (χ0v) is 15.6. The van der Waals surface area contributed by atoms with Crippen LogP contribution in [0.4, 0.5) is 0 Å². The molecule has 1 fully saturated rings. The summed E-state index contributed by atoms with van der Waals surface area (Å²) >= 11 is 6.31. The molecule has 8 nitrogen and oxygen atoms in total. The number of benzene rings is 1. The number of fused-ring (bicyclic) bond motifs is 1. The highest BCUT2D eigenvalue weighted by atomic mass is 32.2. The molecule has 2 amide bonds. The lowest BCUT2D eigenvalue weighted by molar-refractivity contribution is -0.126. The summed E-state index contributed by atoms with van der Waals surface area (Å²) in [5, 5.41) is 2.87. The first kappa shape index (κ1) is 19.1. The van der Waals surface area contributed by atoms with Gasteiger partial charge in [0.15, 0.2) is 12.0 Å². The van der Waals surface area contributed by atoms with Gasteiger partial charge >= 0.3 is 5.97 Å². The predicted octanol–water partition coefficient (Wildman–Crippen LogP) is 0.926. The molecule has 0 spiro atoms. The van der Waals surface area contributed by atoms with Gasteiger partial charge in [-0.1, -0.05) is 36.1 Å². The van der Waals surface area contributed by atoms with Crippen molar-refractivity contribution in [1.29, 1.82) is 0 Å². The Morgan fingerprint density at radius 2 is 2.07 bits per heavy atom. The lowest BCUT2D eigenvalue weighted by atomic mass is 10.2. The van der Waals surface area contributed by atoms with Crippen molar-refractivity contribution in [2.45, 2.75) is 0 Å². The number of esters is 1. The fraction of sp³-hybridized carbons (Fsp3) is 0.235. The van der Waals surface area contributed by atoms with E-state index in [1.165, 1.54) is 16.7 Å². The minimum Gasteiger partial charge on any atom is -0.450 e. The van der Waals surface area contributed by atoms with Gasteiger partial charge in [-0.15, -0.1) is 0 Å². The highest BCUT2D eigenvalue weighted by molar-refractivity contribution is 8.23. The molecule has 1 saturated heterocycles. The third-order valence-corrected chi connectivity index (χ3v) is 5.10. The van der Waals surface area contributed by atoms with Gasteiger partial charge < -0.3 is 14.5 Å². The van der Waals surface area contributed by atoms with Gasteiger partial charge in [0.2, 0.25) is 11.7 Å². The Morgan fingerprint density at radius 1 is 1.30 bits per heavy atom. The molecule has 0 radical (unpaired) electrons. The van der Waals surface area contributed by atoms with E-state index in [0.29, 0.717) is 15.5 Å². The van der Waals surface area contributed by atoms with Crippen LogP contribution in [-0.4, -0.2) is 52.5 Å². The standard InChI is InChI=1S/C17H14N2O6S2/c20-11-7-13(25-12-4-2-1-3-10(11)12)16(23)24-8-14(21)18-5-6-19-15(22)9-27-17(19)26/h1-4,7H,5-6,8-9H2,(H,18,21). The van der Waals surface area contributed by atoms with Crippen LogP contribution in [-0.2, 0) is 14.3 Å². The van der Waals surface area contributed by atoms with Gasteiger partial charge in [-0.3, -0.25) is 19.3 Å². The largest absolute Gasteiger partial charge is 0.450 e. The van der Waals surface area contributed by atoms with Crippen LogP contribution in [0, 0.1) is 0 Å². The molecular weight excluding hydrogens is 392 g/mol. The van der Waals surface area contributed by atoms with E-state index in [9.17, 15) is 19.2 Å². The van der Waals surface area contributed by atoms with Crippen LogP contribution in [0.3, 0.4) is 0 Å². The Hall–Kier alpha value is -2.72. The molecule has 140 valence electrons. The van der Waals surface area contributed by atoms with E-state index in [4.69, 9.17) is 21.4 Å². The average molecular weight is 406 g/mol. The minimum atomic E-state index is -0.916. The number of ether oxygens (including phenoxy) is 1. The summed E-state index contributed by atoms with van der Waals surface area (Å²) in [7, 11) is 0. The van der Waals surface area contributed by atoms with Crippen molar-refractivity contribution in [3.8, 4) is 0 Å². The molecule has 27 heavy (non-hydrogen) atoms. The van der Waals surface area contributed by atoms with E-state index < -0.39 is 18.5 Å². The van der Waals surface area contributed by atoms with E-state index in [0.717, 1.165) is 6.07 Å². The number of amides is 2. The molecule has 1 aliphatic rings.